The fraction of sp³-hybridized carbons (Fsp3) is 0.429. The first-order chi connectivity index (χ1) is 17.8. The van der Waals surface area contributed by atoms with Crippen LogP contribution in [0.25, 0.3) is 10.9 Å². The summed E-state index contributed by atoms with van der Waals surface area (Å²) in [6, 6.07) is 8.78. The number of urea groups is 1. The maximum atomic E-state index is 14.6. The predicted molar refractivity (Wildman–Crippen MR) is 136 cm³/mol. The van der Waals surface area contributed by atoms with Gasteiger partial charge in [-0.05, 0) is 75.1 Å². The van der Waals surface area contributed by atoms with Crippen LogP contribution in [0.2, 0.25) is 0 Å². The highest BCUT2D eigenvalue weighted by Crippen LogP contribution is 2.49. The second-order valence-corrected chi connectivity index (χ2v) is 10.5. The number of halogens is 1. The molecule has 194 valence electrons. The molecule has 2 N–H and O–H groups in total. The van der Waals surface area contributed by atoms with E-state index in [1.165, 1.54) is 30.9 Å². The molecule has 4 heterocycles. The summed E-state index contributed by atoms with van der Waals surface area (Å²) in [5, 5.41) is 11.0. The van der Waals surface area contributed by atoms with Gasteiger partial charge in [-0.25, -0.2) is 9.18 Å². The Kier molecular flexibility index (Phi) is 5.63. The summed E-state index contributed by atoms with van der Waals surface area (Å²) in [5.74, 6) is -0.535. The van der Waals surface area contributed by atoms with Crippen molar-refractivity contribution >= 4 is 22.8 Å². The zero-order valence-corrected chi connectivity index (χ0v) is 21.1. The summed E-state index contributed by atoms with van der Waals surface area (Å²) >= 11 is 0. The van der Waals surface area contributed by atoms with Gasteiger partial charge in [0, 0.05) is 35.6 Å². The molecule has 3 aliphatic rings. The van der Waals surface area contributed by atoms with Gasteiger partial charge >= 0.3 is 6.03 Å². The van der Waals surface area contributed by atoms with Crippen molar-refractivity contribution < 1.29 is 23.8 Å². The van der Waals surface area contributed by atoms with Gasteiger partial charge in [0.25, 0.3) is 5.91 Å². The van der Waals surface area contributed by atoms with E-state index < -0.39 is 17.4 Å². The smallest absolute Gasteiger partial charge is 0.328 e. The number of carbonyl (C=O) groups is 2. The summed E-state index contributed by atoms with van der Waals surface area (Å²) in [4.78, 5) is 36.5. The van der Waals surface area contributed by atoms with Gasteiger partial charge in [-0.3, -0.25) is 14.6 Å². The summed E-state index contributed by atoms with van der Waals surface area (Å²) < 4.78 is 19.8. The van der Waals surface area contributed by atoms with Crippen molar-refractivity contribution in [1.29, 1.82) is 0 Å². The number of nitrogens with zero attached hydrogens (tertiary/aromatic N) is 3. The molecule has 2 fully saturated rings. The number of benzene rings is 2. The third-order valence-corrected chi connectivity index (χ3v) is 8.18. The number of methoxy groups -OCH3 is 1. The Balaban J connectivity index is 1.44. The Labute approximate surface area is 214 Å². The minimum absolute atomic E-state index is 0.0654. The number of amides is 3. The largest absolute Gasteiger partial charge is 0.508 e. The first-order valence-corrected chi connectivity index (χ1v) is 12.9. The van der Waals surface area contributed by atoms with Crippen molar-refractivity contribution in [1.82, 2.24) is 19.7 Å². The van der Waals surface area contributed by atoms with Crippen molar-refractivity contribution in [2.45, 2.75) is 44.2 Å². The normalized spacial score (nSPS) is 23.7. The molecule has 0 bridgehead atoms. The lowest BCUT2D eigenvalue weighted by molar-refractivity contribution is -0.133. The molecule has 0 saturated carbocycles. The molecule has 3 aliphatic heterocycles. The number of fused-ring (bicyclic) bond motifs is 4. The van der Waals surface area contributed by atoms with E-state index >= 15 is 0 Å². The van der Waals surface area contributed by atoms with Crippen LogP contribution in [-0.2, 0) is 11.2 Å². The Morgan fingerprint density at radius 2 is 1.95 bits per heavy atom. The molecule has 3 aromatic rings. The molecular weight excluding hydrogens is 475 g/mol. The number of aromatic amines is 1. The van der Waals surface area contributed by atoms with E-state index in [4.69, 9.17) is 4.74 Å². The lowest BCUT2D eigenvalue weighted by Crippen LogP contribution is -2.53. The van der Waals surface area contributed by atoms with Crippen LogP contribution in [0.4, 0.5) is 9.18 Å². The first kappa shape index (κ1) is 23.8. The number of H-pyrrole nitrogens is 1. The molecule has 1 aromatic heterocycles. The summed E-state index contributed by atoms with van der Waals surface area (Å²) in [6.07, 6.45) is 3.40. The molecule has 2 aromatic carbocycles. The number of nitrogens with one attached hydrogen (secondary N) is 1. The zero-order chi connectivity index (χ0) is 25.9. The fourth-order valence-electron chi connectivity index (χ4n) is 6.37. The number of ether oxygens (including phenoxy) is 1. The van der Waals surface area contributed by atoms with Crippen LogP contribution in [0.1, 0.15) is 49.0 Å². The lowest BCUT2D eigenvalue weighted by atomic mass is 9.81. The van der Waals surface area contributed by atoms with E-state index in [1.807, 2.05) is 13.0 Å². The molecule has 6 rings (SSSR count). The maximum Gasteiger partial charge on any atom is 0.328 e. The van der Waals surface area contributed by atoms with E-state index in [0.717, 1.165) is 37.0 Å². The number of imide groups is 1. The number of rotatable bonds is 6. The van der Waals surface area contributed by atoms with Crippen LogP contribution < -0.4 is 4.74 Å². The highest BCUT2D eigenvalue weighted by Gasteiger charge is 2.60. The zero-order valence-electron chi connectivity index (χ0n) is 21.1. The molecule has 0 radical (unpaired) electrons. The van der Waals surface area contributed by atoms with E-state index in [9.17, 15) is 19.1 Å². The molecule has 9 heteroatoms. The number of phenolic OH excluding ortho intramolecular Hbond substituents is 1. The molecule has 0 unspecified atom stereocenters. The van der Waals surface area contributed by atoms with Gasteiger partial charge in [0.05, 0.1) is 7.11 Å². The number of hydrogen-bond acceptors (Lipinski definition) is 5. The third-order valence-electron chi connectivity index (χ3n) is 8.18. The van der Waals surface area contributed by atoms with Crippen LogP contribution >= 0.6 is 0 Å². The number of phenols is 1. The second kappa shape index (κ2) is 8.76. The van der Waals surface area contributed by atoms with Gasteiger partial charge in [0.2, 0.25) is 0 Å². The second-order valence-electron chi connectivity index (χ2n) is 10.5. The monoisotopic (exact) mass is 506 g/mol. The predicted octanol–water partition coefficient (Wildman–Crippen LogP) is 4.18. The molecule has 37 heavy (non-hydrogen) atoms. The summed E-state index contributed by atoms with van der Waals surface area (Å²) in [7, 11) is 1.42. The lowest BCUT2D eigenvalue weighted by Gasteiger charge is -2.42. The maximum absolute atomic E-state index is 14.6. The molecule has 8 nitrogen and oxygen atoms in total. The van der Waals surface area contributed by atoms with Crippen molar-refractivity contribution in [3.63, 3.8) is 0 Å². The Morgan fingerprint density at radius 3 is 2.68 bits per heavy atom. The average molecular weight is 507 g/mol. The average Bonchev–Trinajstić information content (AvgIpc) is 3.55. The van der Waals surface area contributed by atoms with Crippen molar-refractivity contribution in [2.75, 3.05) is 33.3 Å². The van der Waals surface area contributed by atoms with Gasteiger partial charge in [-0.2, -0.15) is 0 Å². The molecule has 2 atom stereocenters. The number of carbonyl (C=O) groups excluding carboxylic acids is 2. The van der Waals surface area contributed by atoms with Gasteiger partial charge in [0.15, 0.2) is 11.6 Å². The topological polar surface area (TPSA) is 89.1 Å². The minimum atomic E-state index is -1.12. The van der Waals surface area contributed by atoms with E-state index in [2.05, 4.69) is 9.88 Å². The van der Waals surface area contributed by atoms with Crippen LogP contribution in [0.15, 0.2) is 36.4 Å². The van der Waals surface area contributed by atoms with E-state index in [0.29, 0.717) is 29.7 Å². The number of hydrogen-bond donors (Lipinski definition) is 2. The fourth-order valence-corrected chi connectivity index (χ4v) is 6.37. The van der Waals surface area contributed by atoms with Crippen molar-refractivity contribution in [2.24, 2.45) is 0 Å². The molecule has 2 saturated heterocycles. The van der Waals surface area contributed by atoms with E-state index in [-0.39, 0.29) is 23.4 Å². The molecular formula is C28H31FN4O4. The van der Waals surface area contributed by atoms with Crippen LogP contribution in [0, 0.1) is 5.82 Å². The Hall–Kier alpha value is -3.59. The van der Waals surface area contributed by atoms with Crippen molar-refractivity contribution in [3.05, 3.63) is 59.0 Å². The van der Waals surface area contributed by atoms with Gasteiger partial charge in [-0.1, -0.05) is 12.1 Å². The third kappa shape index (κ3) is 3.67. The van der Waals surface area contributed by atoms with Gasteiger partial charge in [0.1, 0.15) is 17.3 Å². The highest BCUT2D eigenvalue weighted by molar-refractivity contribution is 6.08. The standard InChI is InChI=1S/C28H31FN4O4/c1-28-16-20-19-14-23(37-2)21(29)15-22(19)30-24(20)25(17-7-5-8-18(34)13-17)33(28)27(36)32(26(28)35)12-6-11-31-9-3-4-10-31/h5,7-8,13-15,25,30,34H,3-4,6,9-12,16H2,1-2H3/t25-,28+/m1/s1. The highest BCUT2D eigenvalue weighted by atomic mass is 19.1. The van der Waals surface area contributed by atoms with Crippen molar-refractivity contribution in [3.8, 4) is 11.5 Å². The van der Waals surface area contributed by atoms with Gasteiger partial charge < -0.3 is 19.7 Å². The number of aromatic nitrogens is 1. The summed E-state index contributed by atoms with van der Waals surface area (Å²) in [6.45, 7) is 5.17. The van der Waals surface area contributed by atoms with Crippen LogP contribution in [0.5, 0.6) is 11.5 Å². The minimum Gasteiger partial charge on any atom is -0.508 e. The SMILES string of the molecule is COc1cc2c3c([nH]c2cc1F)[C@@H](c1cccc(O)c1)N1C(=O)N(CCCN2CCCC2)C(=O)[C@]1(C)C3. The van der Waals surface area contributed by atoms with E-state index in [1.54, 1.807) is 29.2 Å². The molecule has 3 amide bonds. The Morgan fingerprint density at radius 1 is 1.16 bits per heavy atom. The van der Waals surface area contributed by atoms with Crippen LogP contribution in [0.3, 0.4) is 0 Å². The van der Waals surface area contributed by atoms with Gasteiger partial charge in [-0.15, -0.1) is 0 Å². The Bertz CT molecular complexity index is 1400. The quantitative estimate of drug-likeness (QED) is 0.490. The first-order valence-electron chi connectivity index (χ1n) is 12.9. The number of likely N-dealkylation sites (tertiary alicyclic amines) is 1. The number of aromatic hydroxyl groups is 1. The van der Waals surface area contributed by atoms with Crippen LogP contribution in [-0.4, -0.2) is 75.6 Å². The molecule has 0 spiro atoms. The summed E-state index contributed by atoms with van der Waals surface area (Å²) in [5.41, 5.74) is 1.68. The molecule has 0 aliphatic carbocycles.